The van der Waals surface area contributed by atoms with Crippen molar-refractivity contribution in [3.63, 3.8) is 0 Å². The second kappa shape index (κ2) is 7.31. The molecule has 0 bridgehead atoms. The van der Waals surface area contributed by atoms with Gasteiger partial charge in [-0.05, 0) is 61.9 Å². The van der Waals surface area contributed by atoms with Crippen molar-refractivity contribution in [1.29, 1.82) is 0 Å². The topological polar surface area (TPSA) is 7.94 Å². The molecule has 1 aliphatic heterocycles. The normalized spacial score (nSPS) is 14.4. The van der Waals surface area contributed by atoms with E-state index in [2.05, 4.69) is 127 Å². The van der Waals surface area contributed by atoms with Crippen LogP contribution in [0, 0.1) is 13.8 Å². The van der Waals surface area contributed by atoms with E-state index in [4.69, 9.17) is 0 Å². The van der Waals surface area contributed by atoms with Gasteiger partial charge < -0.3 is 4.57 Å². The molecule has 4 aromatic rings. The summed E-state index contributed by atoms with van der Waals surface area (Å²) in [6.45, 7) is 4.39. The van der Waals surface area contributed by atoms with Crippen LogP contribution in [-0.4, -0.2) is 21.9 Å². The van der Waals surface area contributed by atoms with Crippen LogP contribution in [-0.2, 0) is 0 Å². The van der Waals surface area contributed by atoms with Gasteiger partial charge in [0.15, 0.2) is 0 Å². The van der Waals surface area contributed by atoms with Crippen LogP contribution in [0.1, 0.15) is 28.1 Å². The van der Waals surface area contributed by atoms with E-state index >= 15 is 0 Å². The van der Waals surface area contributed by atoms with E-state index in [1.165, 1.54) is 50.7 Å². The number of aryl methyl sites for hydroxylation is 1. The van der Waals surface area contributed by atoms with E-state index in [0.717, 1.165) is 0 Å². The molecule has 2 heterocycles. The fourth-order valence-corrected chi connectivity index (χ4v) is 4.58. The van der Waals surface area contributed by atoms with Gasteiger partial charge >= 0.3 is 0 Å². The summed E-state index contributed by atoms with van der Waals surface area (Å²) >= 11 is 0. The Bertz CT molecular complexity index is 1290. The summed E-state index contributed by atoms with van der Waals surface area (Å²) in [4.78, 5) is 0. The van der Waals surface area contributed by atoms with Crippen molar-refractivity contribution >= 4 is 23.0 Å². The van der Waals surface area contributed by atoms with Gasteiger partial charge in [-0.3, -0.25) is 0 Å². The van der Waals surface area contributed by atoms with E-state index in [1.54, 1.807) is 0 Å². The zero-order chi connectivity index (χ0) is 20.7. The number of aromatic nitrogens is 1. The molecule has 0 saturated heterocycles. The molecule has 1 aliphatic rings. The van der Waals surface area contributed by atoms with Gasteiger partial charge in [0.25, 0.3) is 0 Å². The van der Waals surface area contributed by atoms with E-state index in [0.29, 0.717) is 0 Å². The van der Waals surface area contributed by atoms with Crippen LogP contribution >= 0.6 is 0 Å². The van der Waals surface area contributed by atoms with Gasteiger partial charge in [-0.25, -0.2) is 0 Å². The highest BCUT2D eigenvalue weighted by molar-refractivity contribution is 6.35. The van der Waals surface area contributed by atoms with Gasteiger partial charge in [0, 0.05) is 28.7 Å². The van der Waals surface area contributed by atoms with E-state index in [-0.39, 0.29) is 0 Å². The van der Waals surface area contributed by atoms with Crippen LogP contribution in [0.15, 0.2) is 91.0 Å². The Labute approximate surface area is 178 Å². The predicted octanol–water partition coefficient (Wildman–Crippen LogP) is 6.41. The largest absolute Gasteiger partial charge is 0.318 e. The highest BCUT2D eigenvalue weighted by Crippen LogP contribution is 2.37. The first-order chi connectivity index (χ1) is 14.6. The maximum absolute atomic E-state index is 2.35. The van der Waals surface area contributed by atoms with Crippen molar-refractivity contribution in [1.82, 2.24) is 4.57 Å². The third-order valence-electron chi connectivity index (χ3n) is 5.98. The molecule has 5 rings (SSSR count). The Hall–Kier alpha value is -3.65. The van der Waals surface area contributed by atoms with Crippen molar-refractivity contribution in [3.05, 3.63) is 119 Å². The summed E-state index contributed by atoms with van der Waals surface area (Å²) < 4.78 is 4.64. The Balaban J connectivity index is 1.71. The molecular weight excluding hydrogens is 364 g/mol. The zero-order valence-corrected chi connectivity index (χ0v) is 17.6. The van der Waals surface area contributed by atoms with Gasteiger partial charge in [-0.2, -0.15) is 4.58 Å². The quantitative estimate of drug-likeness (QED) is 0.358. The third kappa shape index (κ3) is 2.93. The fraction of sp³-hybridized carbons (Fsp3) is 0.107. The number of hydrogen-bond donors (Lipinski definition) is 0. The van der Waals surface area contributed by atoms with Gasteiger partial charge in [0.1, 0.15) is 7.05 Å². The molecule has 146 valence electrons. The minimum atomic E-state index is 1.20. The first kappa shape index (κ1) is 18.4. The third-order valence-corrected chi connectivity index (χ3v) is 5.98. The maximum Gasteiger partial charge on any atom is 0.220 e. The number of fused-ring (bicyclic) bond motifs is 1. The number of para-hydroxylation sites is 2. The lowest BCUT2D eigenvalue weighted by molar-refractivity contribution is -0.400. The number of allylic oxidation sites excluding steroid dienone is 1. The van der Waals surface area contributed by atoms with Crippen molar-refractivity contribution in [3.8, 4) is 5.69 Å². The van der Waals surface area contributed by atoms with E-state index < -0.39 is 0 Å². The number of hydrogen-bond acceptors (Lipinski definition) is 0. The summed E-state index contributed by atoms with van der Waals surface area (Å²) in [6, 6.07) is 32.2. The predicted molar refractivity (Wildman–Crippen MR) is 126 cm³/mol. The Morgan fingerprint density at radius 2 is 1.40 bits per heavy atom. The molecule has 0 spiro atoms. The first-order valence-electron chi connectivity index (χ1n) is 10.4. The van der Waals surface area contributed by atoms with E-state index in [9.17, 15) is 0 Å². The molecule has 0 radical (unpaired) electrons. The summed E-state index contributed by atoms with van der Waals surface area (Å²) in [5, 5.41) is 0. The molecule has 0 unspecified atom stereocenters. The van der Waals surface area contributed by atoms with Crippen LogP contribution in [0.5, 0.6) is 0 Å². The lowest BCUT2D eigenvalue weighted by atomic mass is 9.96. The monoisotopic (exact) mass is 389 g/mol. The molecule has 1 aromatic heterocycles. The molecule has 0 fully saturated rings. The summed E-state index contributed by atoms with van der Waals surface area (Å²) in [7, 11) is 2.16. The second-order valence-corrected chi connectivity index (χ2v) is 7.85. The van der Waals surface area contributed by atoms with Crippen LogP contribution in [0.3, 0.4) is 0 Å². The SMILES string of the molecule is Cc1cc(C=C2C(c3ccccc3)=[N+](C)c3ccccc32)c(C)n1-c1ccccc1. The molecule has 3 aromatic carbocycles. The second-order valence-electron chi connectivity index (χ2n) is 7.85. The van der Waals surface area contributed by atoms with Gasteiger partial charge in [-0.1, -0.05) is 48.5 Å². The van der Waals surface area contributed by atoms with Crippen molar-refractivity contribution in [2.45, 2.75) is 13.8 Å². The van der Waals surface area contributed by atoms with Gasteiger partial charge in [0.05, 0.1) is 11.1 Å². The fourth-order valence-electron chi connectivity index (χ4n) is 4.58. The highest BCUT2D eigenvalue weighted by Gasteiger charge is 2.33. The van der Waals surface area contributed by atoms with Crippen LogP contribution in [0.4, 0.5) is 5.69 Å². The van der Waals surface area contributed by atoms with Gasteiger partial charge in [0.2, 0.25) is 11.4 Å². The molecule has 0 N–H and O–H groups in total. The van der Waals surface area contributed by atoms with Crippen molar-refractivity contribution in [2.24, 2.45) is 0 Å². The average molecular weight is 390 g/mol. The Kier molecular flexibility index (Phi) is 4.48. The van der Waals surface area contributed by atoms with Crippen molar-refractivity contribution < 1.29 is 4.58 Å². The Morgan fingerprint density at radius 3 is 2.13 bits per heavy atom. The molecule has 0 aliphatic carbocycles. The smallest absolute Gasteiger partial charge is 0.220 e. The minimum Gasteiger partial charge on any atom is -0.318 e. The number of benzene rings is 3. The molecule has 0 amide bonds. The highest BCUT2D eigenvalue weighted by atomic mass is 15.0. The maximum atomic E-state index is 2.35. The molecule has 30 heavy (non-hydrogen) atoms. The minimum absolute atomic E-state index is 1.20. The molecule has 0 atom stereocenters. The standard InChI is InChI=1S/C28H25N2/c1-20-18-23(21(2)30(20)24-14-8-5-9-15-24)19-26-25-16-10-11-17-27(25)29(3)28(26)22-12-6-4-7-13-22/h4-19H,1-3H3/q+1. The Morgan fingerprint density at radius 1 is 0.767 bits per heavy atom. The molecule has 2 heteroatoms. The summed E-state index contributed by atoms with van der Waals surface area (Å²) in [5.41, 5.74) is 11.2. The summed E-state index contributed by atoms with van der Waals surface area (Å²) in [6.07, 6.45) is 2.35. The van der Waals surface area contributed by atoms with Crippen LogP contribution in [0.25, 0.3) is 17.3 Å². The number of nitrogens with zero attached hydrogens (tertiary/aromatic N) is 2. The molecule has 0 saturated carbocycles. The number of rotatable bonds is 3. The molecule has 2 nitrogen and oxygen atoms in total. The molecular formula is C28H25N2+. The summed E-state index contributed by atoms with van der Waals surface area (Å²) in [5.74, 6) is 0. The van der Waals surface area contributed by atoms with Crippen LogP contribution in [0.2, 0.25) is 0 Å². The zero-order valence-electron chi connectivity index (χ0n) is 17.6. The lowest BCUT2D eigenvalue weighted by Crippen LogP contribution is -2.09. The van der Waals surface area contributed by atoms with Crippen LogP contribution < -0.4 is 0 Å². The van der Waals surface area contributed by atoms with Gasteiger partial charge in [-0.15, -0.1) is 0 Å². The average Bonchev–Trinajstić information content (AvgIpc) is 3.22. The van der Waals surface area contributed by atoms with E-state index in [1.807, 2.05) is 0 Å². The lowest BCUT2D eigenvalue weighted by Gasteiger charge is -2.09. The van der Waals surface area contributed by atoms with Crippen molar-refractivity contribution in [2.75, 3.05) is 7.05 Å². The first-order valence-corrected chi connectivity index (χ1v) is 10.4.